The Labute approximate surface area is 127 Å². The van der Waals surface area contributed by atoms with Gasteiger partial charge in [0, 0.05) is 12.1 Å². The predicted octanol–water partition coefficient (Wildman–Crippen LogP) is 3.38. The summed E-state index contributed by atoms with van der Waals surface area (Å²) < 4.78 is 6.49. The number of nitrogens with zero attached hydrogens (tertiary/aromatic N) is 1. The molecule has 2 aromatic carbocycles. The van der Waals surface area contributed by atoms with E-state index in [1.54, 1.807) is 18.4 Å². The summed E-state index contributed by atoms with van der Waals surface area (Å²) in [7, 11) is 1.65. The molecule has 0 bridgehead atoms. The molecule has 0 saturated carbocycles. The van der Waals surface area contributed by atoms with Crippen molar-refractivity contribution in [3.8, 4) is 16.9 Å². The van der Waals surface area contributed by atoms with Gasteiger partial charge in [0.25, 0.3) is 0 Å². The van der Waals surface area contributed by atoms with E-state index in [4.69, 9.17) is 9.84 Å². The fraction of sp³-hybridized carbons (Fsp3) is 0.188. The lowest BCUT2D eigenvalue weighted by atomic mass is 10.1. The highest BCUT2D eigenvalue weighted by atomic mass is 32.1. The van der Waals surface area contributed by atoms with Gasteiger partial charge in [-0.3, -0.25) is 0 Å². The van der Waals surface area contributed by atoms with E-state index < -0.39 is 0 Å². The molecular weight excluding hydrogens is 284 g/mol. The quantitative estimate of drug-likeness (QED) is 0.758. The first-order valence-electron chi connectivity index (χ1n) is 6.71. The SMILES string of the molecule is COc1ccc(-c2ccccc2)c2sc(NCCO)nc12. The second kappa shape index (κ2) is 6.11. The average Bonchev–Trinajstić information content (AvgIpc) is 2.96. The molecule has 1 aromatic heterocycles. The summed E-state index contributed by atoms with van der Waals surface area (Å²) in [5.74, 6) is 0.762. The Kier molecular flexibility index (Phi) is 4.03. The molecule has 4 nitrogen and oxygen atoms in total. The molecule has 0 aliphatic carbocycles. The summed E-state index contributed by atoms with van der Waals surface area (Å²) in [5.41, 5.74) is 3.15. The van der Waals surface area contributed by atoms with Crippen molar-refractivity contribution in [2.75, 3.05) is 25.6 Å². The first kappa shape index (κ1) is 13.9. The third-order valence-corrected chi connectivity index (χ3v) is 4.25. The number of benzene rings is 2. The highest BCUT2D eigenvalue weighted by Crippen LogP contribution is 2.39. The number of rotatable bonds is 5. The molecule has 0 saturated heterocycles. The molecule has 0 atom stereocenters. The van der Waals surface area contributed by atoms with Crippen LogP contribution in [-0.2, 0) is 0 Å². The van der Waals surface area contributed by atoms with E-state index in [9.17, 15) is 0 Å². The predicted molar refractivity (Wildman–Crippen MR) is 87.2 cm³/mol. The number of nitrogens with one attached hydrogen (secondary N) is 1. The van der Waals surface area contributed by atoms with Crippen LogP contribution in [0.3, 0.4) is 0 Å². The number of ether oxygens (including phenoxy) is 1. The van der Waals surface area contributed by atoms with Crippen molar-refractivity contribution in [3.63, 3.8) is 0 Å². The first-order chi connectivity index (χ1) is 10.3. The second-order valence-corrected chi connectivity index (χ2v) is 5.53. The molecule has 1 heterocycles. The van der Waals surface area contributed by atoms with Crippen molar-refractivity contribution in [1.29, 1.82) is 0 Å². The molecule has 2 N–H and O–H groups in total. The van der Waals surface area contributed by atoms with Crippen molar-refractivity contribution in [2.24, 2.45) is 0 Å². The zero-order valence-electron chi connectivity index (χ0n) is 11.7. The standard InChI is InChI=1S/C16H16N2O2S/c1-20-13-8-7-12(11-5-3-2-4-6-11)15-14(13)18-16(21-15)17-9-10-19/h2-8,19H,9-10H2,1H3,(H,17,18). The number of fused-ring (bicyclic) bond motifs is 1. The Morgan fingerprint density at radius 3 is 2.71 bits per heavy atom. The maximum absolute atomic E-state index is 8.93. The van der Waals surface area contributed by atoms with Crippen LogP contribution in [0.25, 0.3) is 21.3 Å². The van der Waals surface area contributed by atoms with Crippen LogP contribution in [0.15, 0.2) is 42.5 Å². The number of hydrogen-bond donors (Lipinski definition) is 2. The van der Waals surface area contributed by atoms with Crippen molar-refractivity contribution in [1.82, 2.24) is 4.98 Å². The van der Waals surface area contributed by atoms with Crippen molar-refractivity contribution >= 4 is 26.7 Å². The van der Waals surface area contributed by atoms with Crippen LogP contribution in [0.1, 0.15) is 0 Å². The lowest BCUT2D eigenvalue weighted by Crippen LogP contribution is -2.04. The minimum Gasteiger partial charge on any atom is -0.494 e. The van der Waals surface area contributed by atoms with E-state index in [0.717, 1.165) is 32.2 Å². The molecule has 0 aliphatic heterocycles. The Bertz CT molecular complexity index is 741. The van der Waals surface area contributed by atoms with Crippen LogP contribution in [0.5, 0.6) is 5.75 Å². The minimum absolute atomic E-state index is 0.0819. The maximum atomic E-state index is 8.93. The number of anilines is 1. The molecule has 0 aliphatic rings. The molecule has 0 unspecified atom stereocenters. The number of aliphatic hydroxyl groups excluding tert-OH is 1. The van der Waals surface area contributed by atoms with E-state index in [-0.39, 0.29) is 6.61 Å². The molecule has 21 heavy (non-hydrogen) atoms. The zero-order valence-corrected chi connectivity index (χ0v) is 12.5. The smallest absolute Gasteiger partial charge is 0.184 e. The number of aliphatic hydroxyl groups is 1. The van der Waals surface area contributed by atoms with Crippen molar-refractivity contribution < 1.29 is 9.84 Å². The van der Waals surface area contributed by atoms with Gasteiger partial charge in [-0.25, -0.2) is 4.98 Å². The molecule has 0 amide bonds. The summed E-state index contributed by atoms with van der Waals surface area (Å²) in [6.45, 7) is 0.571. The number of methoxy groups -OCH3 is 1. The third kappa shape index (κ3) is 2.70. The van der Waals surface area contributed by atoms with Gasteiger partial charge in [0.15, 0.2) is 5.13 Å². The highest BCUT2D eigenvalue weighted by Gasteiger charge is 2.13. The van der Waals surface area contributed by atoms with Crippen LogP contribution in [0, 0.1) is 0 Å². The summed E-state index contributed by atoms with van der Waals surface area (Å²) >= 11 is 1.57. The maximum Gasteiger partial charge on any atom is 0.184 e. The molecule has 3 rings (SSSR count). The van der Waals surface area contributed by atoms with Gasteiger partial charge in [0.05, 0.1) is 18.4 Å². The van der Waals surface area contributed by atoms with E-state index in [1.807, 2.05) is 24.3 Å². The number of aromatic nitrogens is 1. The van der Waals surface area contributed by atoms with Crippen LogP contribution >= 0.6 is 11.3 Å². The third-order valence-electron chi connectivity index (χ3n) is 3.20. The van der Waals surface area contributed by atoms with Crippen LogP contribution in [0.2, 0.25) is 0 Å². The second-order valence-electron chi connectivity index (χ2n) is 4.53. The summed E-state index contributed by atoms with van der Waals surface area (Å²) in [6, 6.07) is 14.2. The van der Waals surface area contributed by atoms with E-state index in [0.29, 0.717) is 6.54 Å². The zero-order chi connectivity index (χ0) is 14.7. The fourth-order valence-electron chi connectivity index (χ4n) is 2.23. The molecule has 108 valence electrons. The molecule has 0 radical (unpaired) electrons. The first-order valence-corrected chi connectivity index (χ1v) is 7.53. The van der Waals surface area contributed by atoms with Gasteiger partial charge < -0.3 is 15.2 Å². The Balaban J connectivity index is 2.15. The topological polar surface area (TPSA) is 54.4 Å². The van der Waals surface area contributed by atoms with E-state index in [1.165, 1.54) is 0 Å². The van der Waals surface area contributed by atoms with Crippen LogP contribution in [-0.4, -0.2) is 30.4 Å². The largest absolute Gasteiger partial charge is 0.494 e. The van der Waals surface area contributed by atoms with Gasteiger partial charge in [-0.15, -0.1) is 0 Å². The van der Waals surface area contributed by atoms with Crippen molar-refractivity contribution in [2.45, 2.75) is 0 Å². The van der Waals surface area contributed by atoms with Gasteiger partial charge in [0.2, 0.25) is 0 Å². The molecule has 0 spiro atoms. The minimum atomic E-state index is 0.0819. The van der Waals surface area contributed by atoms with E-state index >= 15 is 0 Å². The molecule has 0 fully saturated rings. The Hall–Kier alpha value is -2.11. The van der Waals surface area contributed by atoms with E-state index in [2.05, 4.69) is 28.5 Å². The summed E-state index contributed by atoms with van der Waals surface area (Å²) in [5, 5.41) is 12.8. The highest BCUT2D eigenvalue weighted by molar-refractivity contribution is 7.22. The average molecular weight is 300 g/mol. The lowest BCUT2D eigenvalue weighted by molar-refractivity contribution is 0.311. The lowest BCUT2D eigenvalue weighted by Gasteiger charge is -2.05. The molecular formula is C16H16N2O2S. The van der Waals surface area contributed by atoms with Gasteiger partial charge >= 0.3 is 0 Å². The normalized spacial score (nSPS) is 10.8. The molecule has 5 heteroatoms. The summed E-state index contributed by atoms with van der Waals surface area (Å²) in [4.78, 5) is 4.58. The van der Waals surface area contributed by atoms with Crippen molar-refractivity contribution in [3.05, 3.63) is 42.5 Å². The Morgan fingerprint density at radius 1 is 1.19 bits per heavy atom. The fourth-order valence-corrected chi connectivity index (χ4v) is 3.27. The van der Waals surface area contributed by atoms with Crippen LogP contribution in [0.4, 0.5) is 5.13 Å². The summed E-state index contributed by atoms with van der Waals surface area (Å²) in [6.07, 6.45) is 0. The number of thiazole rings is 1. The van der Waals surface area contributed by atoms with Crippen LogP contribution < -0.4 is 10.1 Å². The van der Waals surface area contributed by atoms with Gasteiger partial charge in [-0.1, -0.05) is 41.7 Å². The Morgan fingerprint density at radius 2 is 2.00 bits per heavy atom. The van der Waals surface area contributed by atoms with Gasteiger partial charge in [0.1, 0.15) is 11.3 Å². The monoisotopic (exact) mass is 300 g/mol. The van der Waals surface area contributed by atoms with Gasteiger partial charge in [-0.2, -0.15) is 0 Å². The number of hydrogen-bond acceptors (Lipinski definition) is 5. The molecule has 3 aromatic rings. The van der Waals surface area contributed by atoms with Gasteiger partial charge in [-0.05, 0) is 17.7 Å².